The van der Waals surface area contributed by atoms with Crippen molar-refractivity contribution >= 4 is 11.8 Å². The SMILES string of the molecule is CC(C)CC(O)C1CCSC1. The lowest BCUT2D eigenvalue weighted by molar-refractivity contribution is 0.0979. The molecule has 0 aromatic carbocycles. The topological polar surface area (TPSA) is 20.2 Å². The standard InChI is InChI=1S/C9H18OS/c1-7(2)5-9(10)8-3-4-11-6-8/h7-10H,3-6H2,1-2H3. The summed E-state index contributed by atoms with van der Waals surface area (Å²) in [6.07, 6.45) is 2.16. The van der Waals surface area contributed by atoms with E-state index in [1.54, 1.807) is 0 Å². The monoisotopic (exact) mass is 174 g/mol. The lowest BCUT2D eigenvalue weighted by Crippen LogP contribution is -2.21. The fourth-order valence-corrected chi connectivity index (χ4v) is 2.86. The molecule has 1 rings (SSSR count). The Morgan fingerprint density at radius 2 is 2.27 bits per heavy atom. The van der Waals surface area contributed by atoms with Crippen molar-refractivity contribution in [3.8, 4) is 0 Å². The van der Waals surface area contributed by atoms with E-state index in [4.69, 9.17) is 0 Å². The van der Waals surface area contributed by atoms with Gasteiger partial charge in [-0.1, -0.05) is 13.8 Å². The minimum absolute atomic E-state index is 0.0370. The third kappa shape index (κ3) is 3.04. The van der Waals surface area contributed by atoms with Crippen LogP contribution in [0.25, 0.3) is 0 Å². The van der Waals surface area contributed by atoms with Crippen LogP contribution in [0.3, 0.4) is 0 Å². The third-order valence-electron chi connectivity index (χ3n) is 2.22. The van der Waals surface area contributed by atoms with Gasteiger partial charge in [0.05, 0.1) is 6.10 Å². The van der Waals surface area contributed by atoms with Crippen molar-refractivity contribution in [3.63, 3.8) is 0 Å². The number of hydrogen-bond donors (Lipinski definition) is 1. The van der Waals surface area contributed by atoms with Gasteiger partial charge in [0.1, 0.15) is 0 Å². The quantitative estimate of drug-likeness (QED) is 0.707. The first kappa shape index (κ1) is 9.40. The van der Waals surface area contributed by atoms with E-state index in [2.05, 4.69) is 13.8 Å². The van der Waals surface area contributed by atoms with Gasteiger partial charge in [0.2, 0.25) is 0 Å². The normalized spacial score (nSPS) is 27.8. The molecule has 0 radical (unpaired) electrons. The molecular formula is C9H18OS. The van der Waals surface area contributed by atoms with E-state index in [1.165, 1.54) is 17.9 Å². The summed E-state index contributed by atoms with van der Waals surface area (Å²) in [5.41, 5.74) is 0. The van der Waals surface area contributed by atoms with Gasteiger partial charge in [0.15, 0.2) is 0 Å². The molecule has 1 aliphatic heterocycles. The summed E-state index contributed by atoms with van der Waals surface area (Å²) < 4.78 is 0. The largest absolute Gasteiger partial charge is 0.393 e. The summed E-state index contributed by atoms with van der Waals surface area (Å²) in [7, 11) is 0. The van der Waals surface area contributed by atoms with Crippen LogP contribution in [0.2, 0.25) is 0 Å². The van der Waals surface area contributed by atoms with E-state index in [0.717, 1.165) is 6.42 Å². The highest BCUT2D eigenvalue weighted by atomic mass is 32.2. The molecule has 2 heteroatoms. The summed E-state index contributed by atoms with van der Waals surface area (Å²) in [6.45, 7) is 4.34. The average molecular weight is 174 g/mol. The molecule has 2 atom stereocenters. The summed E-state index contributed by atoms with van der Waals surface area (Å²) in [5, 5.41) is 9.71. The predicted molar refractivity (Wildman–Crippen MR) is 50.9 cm³/mol. The van der Waals surface area contributed by atoms with Crippen LogP contribution in [0.4, 0.5) is 0 Å². The van der Waals surface area contributed by atoms with Crippen molar-refractivity contribution in [2.75, 3.05) is 11.5 Å². The first-order valence-corrected chi connectivity index (χ1v) is 5.61. The molecule has 2 unspecified atom stereocenters. The maximum Gasteiger partial charge on any atom is 0.0579 e. The molecule has 0 bridgehead atoms. The van der Waals surface area contributed by atoms with Gasteiger partial charge in [-0.25, -0.2) is 0 Å². The van der Waals surface area contributed by atoms with Crippen molar-refractivity contribution in [3.05, 3.63) is 0 Å². The molecule has 1 aliphatic rings. The van der Waals surface area contributed by atoms with E-state index in [0.29, 0.717) is 11.8 Å². The first-order chi connectivity index (χ1) is 5.20. The van der Waals surface area contributed by atoms with Gasteiger partial charge in [-0.05, 0) is 36.2 Å². The molecule has 0 saturated carbocycles. The summed E-state index contributed by atoms with van der Waals surface area (Å²) in [4.78, 5) is 0. The molecule has 66 valence electrons. The minimum Gasteiger partial charge on any atom is -0.393 e. The second-order valence-corrected chi connectivity index (χ2v) is 4.97. The molecule has 0 spiro atoms. The molecular weight excluding hydrogens is 156 g/mol. The highest BCUT2D eigenvalue weighted by molar-refractivity contribution is 7.99. The highest BCUT2D eigenvalue weighted by Crippen LogP contribution is 2.28. The van der Waals surface area contributed by atoms with Gasteiger partial charge in [-0.2, -0.15) is 11.8 Å². The molecule has 1 saturated heterocycles. The number of hydrogen-bond acceptors (Lipinski definition) is 2. The van der Waals surface area contributed by atoms with E-state index in [-0.39, 0.29) is 6.10 Å². The predicted octanol–water partition coefficient (Wildman–Crippen LogP) is 2.15. The fraction of sp³-hybridized carbons (Fsp3) is 1.00. The first-order valence-electron chi connectivity index (χ1n) is 4.46. The molecule has 0 aromatic heterocycles. The second-order valence-electron chi connectivity index (χ2n) is 3.82. The maximum atomic E-state index is 9.71. The van der Waals surface area contributed by atoms with Gasteiger partial charge in [-0.3, -0.25) is 0 Å². The highest BCUT2D eigenvalue weighted by Gasteiger charge is 2.23. The Balaban J connectivity index is 2.22. The van der Waals surface area contributed by atoms with Crippen LogP contribution >= 0.6 is 11.8 Å². The van der Waals surface area contributed by atoms with Gasteiger partial charge < -0.3 is 5.11 Å². The Morgan fingerprint density at radius 1 is 1.55 bits per heavy atom. The van der Waals surface area contributed by atoms with Crippen molar-refractivity contribution in [2.45, 2.75) is 32.8 Å². The molecule has 1 N–H and O–H groups in total. The average Bonchev–Trinajstić information content (AvgIpc) is 2.35. The lowest BCUT2D eigenvalue weighted by atomic mass is 9.94. The van der Waals surface area contributed by atoms with Crippen LogP contribution in [0, 0.1) is 11.8 Å². The Bertz CT molecular complexity index is 108. The maximum absolute atomic E-state index is 9.71. The zero-order valence-electron chi connectivity index (χ0n) is 7.42. The van der Waals surface area contributed by atoms with Crippen molar-refractivity contribution in [1.82, 2.24) is 0 Å². The molecule has 0 aliphatic carbocycles. The van der Waals surface area contributed by atoms with Gasteiger partial charge in [0.25, 0.3) is 0 Å². The molecule has 1 nitrogen and oxygen atoms in total. The lowest BCUT2D eigenvalue weighted by Gasteiger charge is -2.18. The van der Waals surface area contributed by atoms with E-state index >= 15 is 0 Å². The van der Waals surface area contributed by atoms with Crippen LogP contribution < -0.4 is 0 Å². The number of thioether (sulfide) groups is 1. The zero-order chi connectivity index (χ0) is 8.27. The minimum atomic E-state index is -0.0370. The van der Waals surface area contributed by atoms with Crippen LogP contribution in [0.5, 0.6) is 0 Å². The van der Waals surface area contributed by atoms with Gasteiger partial charge >= 0.3 is 0 Å². The third-order valence-corrected chi connectivity index (χ3v) is 3.41. The Morgan fingerprint density at radius 3 is 2.73 bits per heavy atom. The zero-order valence-corrected chi connectivity index (χ0v) is 8.23. The fourth-order valence-electron chi connectivity index (χ4n) is 1.53. The van der Waals surface area contributed by atoms with Crippen molar-refractivity contribution in [1.29, 1.82) is 0 Å². The number of aliphatic hydroxyl groups is 1. The van der Waals surface area contributed by atoms with Gasteiger partial charge in [0, 0.05) is 0 Å². The van der Waals surface area contributed by atoms with E-state index in [1.807, 2.05) is 11.8 Å². The molecule has 1 heterocycles. The summed E-state index contributed by atoms with van der Waals surface area (Å²) in [5.74, 6) is 3.64. The van der Waals surface area contributed by atoms with Crippen LogP contribution in [0.15, 0.2) is 0 Å². The second kappa shape index (κ2) is 4.36. The Hall–Kier alpha value is 0.310. The Labute approximate surface area is 73.6 Å². The molecule has 1 fully saturated rings. The van der Waals surface area contributed by atoms with Crippen LogP contribution in [-0.4, -0.2) is 22.7 Å². The molecule has 11 heavy (non-hydrogen) atoms. The van der Waals surface area contributed by atoms with Crippen molar-refractivity contribution < 1.29 is 5.11 Å². The van der Waals surface area contributed by atoms with E-state index in [9.17, 15) is 5.11 Å². The summed E-state index contributed by atoms with van der Waals surface area (Å²) in [6, 6.07) is 0. The van der Waals surface area contributed by atoms with Gasteiger partial charge in [-0.15, -0.1) is 0 Å². The van der Waals surface area contributed by atoms with Crippen LogP contribution in [0.1, 0.15) is 26.7 Å². The molecule has 0 aromatic rings. The smallest absolute Gasteiger partial charge is 0.0579 e. The summed E-state index contributed by atoms with van der Waals surface area (Å²) >= 11 is 1.98. The van der Waals surface area contributed by atoms with E-state index < -0.39 is 0 Å². The Kier molecular flexibility index (Phi) is 3.73. The molecule has 0 amide bonds. The van der Waals surface area contributed by atoms with Crippen LogP contribution in [-0.2, 0) is 0 Å². The number of aliphatic hydroxyl groups excluding tert-OH is 1. The van der Waals surface area contributed by atoms with Crippen molar-refractivity contribution in [2.24, 2.45) is 11.8 Å². The number of rotatable bonds is 3.